The molecule has 2 aromatic rings. The maximum absolute atomic E-state index is 12.4. The average Bonchev–Trinajstić information content (AvgIpc) is 3.36. The van der Waals surface area contributed by atoms with Crippen LogP contribution in [0.15, 0.2) is 40.0 Å². The normalized spacial score (nSPS) is 19.6. The van der Waals surface area contributed by atoms with Gasteiger partial charge in [-0.2, -0.15) is 0 Å². The van der Waals surface area contributed by atoms with Crippen LogP contribution < -0.4 is 10.2 Å². The Morgan fingerprint density at radius 1 is 1.36 bits per heavy atom. The summed E-state index contributed by atoms with van der Waals surface area (Å²) in [6.07, 6.45) is 3.95. The molecule has 1 N–H and O–H groups in total. The van der Waals surface area contributed by atoms with Crippen molar-refractivity contribution in [3.8, 4) is 11.3 Å². The summed E-state index contributed by atoms with van der Waals surface area (Å²) in [4.78, 5) is 25.2. The summed E-state index contributed by atoms with van der Waals surface area (Å²) in [6.45, 7) is 2.15. The molecule has 1 aromatic heterocycles. The summed E-state index contributed by atoms with van der Waals surface area (Å²) in [7, 11) is 1.69. The molecular weight excluding hydrogens is 442 g/mol. The van der Waals surface area contributed by atoms with Crippen molar-refractivity contribution in [2.24, 2.45) is 0 Å². The number of aromatic nitrogens is 1. The predicted molar refractivity (Wildman–Crippen MR) is 126 cm³/mol. The number of cyclic esters (lactones) is 1. The Balaban J connectivity index is 1.42. The maximum atomic E-state index is 12.4. The van der Waals surface area contributed by atoms with Gasteiger partial charge in [0.05, 0.1) is 26.0 Å². The summed E-state index contributed by atoms with van der Waals surface area (Å²) < 4.78 is 16.7. The lowest BCUT2D eigenvalue weighted by Crippen LogP contribution is -2.33. The number of allylic oxidation sites excluding steroid dienone is 2. The number of carbonyl (C=O) groups is 2. The van der Waals surface area contributed by atoms with Gasteiger partial charge in [-0.3, -0.25) is 9.69 Å². The Morgan fingerprint density at radius 3 is 3.06 bits per heavy atom. The van der Waals surface area contributed by atoms with E-state index in [4.69, 9.17) is 14.0 Å². The summed E-state index contributed by atoms with van der Waals surface area (Å²) in [5.41, 5.74) is 5.90. The number of carbonyl (C=O) groups excluding carboxylic acids is 2. The molecule has 9 heteroatoms. The van der Waals surface area contributed by atoms with Crippen LogP contribution >= 0.6 is 11.8 Å². The van der Waals surface area contributed by atoms with Gasteiger partial charge in [0.2, 0.25) is 5.91 Å². The van der Waals surface area contributed by atoms with Crippen LogP contribution in [0, 0.1) is 0 Å². The fourth-order valence-corrected chi connectivity index (χ4v) is 5.22. The Morgan fingerprint density at radius 2 is 2.24 bits per heavy atom. The van der Waals surface area contributed by atoms with Crippen molar-refractivity contribution < 1.29 is 23.6 Å². The molecule has 0 spiro atoms. The van der Waals surface area contributed by atoms with Gasteiger partial charge in [0, 0.05) is 29.3 Å². The molecule has 1 saturated heterocycles. The second-order valence-corrected chi connectivity index (χ2v) is 9.14. The minimum atomic E-state index is -0.399. The van der Waals surface area contributed by atoms with E-state index >= 15 is 0 Å². The number of methoxy groups -OCH3 is 1. The van der Waals surface area contributed by atoms with Gasteiger partial charge in [0.1, 0.15) is 17.6 Å². The fraction of sp³-hybridized carbons (Fsp3) is 0.375. The van der Waals surface area contributed by atoms with Crippen molar-refractivity contribution in [2.75, 3.05) is 30.9 Å². The van der Waals surface area contributed by atoms with Gasteiger partial charge in [-0.25, -0.2) is 4.79 Å². The SMILES string of the molecule is COC1=CC(c2noc3c2CCCc2cc(N4C[C@H](CNC(C)=O)OC4=O)ccc2-3)=CSC1. The predicted octanol–water partition coefficient (Wildman–Crippen LogP) is 3.91. The number of nitrogens with zero attached hydrogens (tertiary/aromatic N) is 2. The third-order valence-corrected chi connectivity index (χ3v) is 6.92. The van der Waals surface area contributed by atoms with E-state index in [9.17, 15) is 9.59 Å². The lowest BCUT2D eigenvalue weighted by Gasteiger charge is -2.15. The van der Waals surface area contributed by atoms with E-state index in [1.54, 1.807) is 23.8 Å². The van der Waals surface area contributed by atoms with E-state index in [0.29, 0.717) is 13.1 Å². The second kappa shape index (κ2) is 8.97. The molecule has 1 atom stereocenters. The van der Waals surface area contributed by atoms with Gasteiger partial charge in [-0.15, -0.1) is 11.8 Å². The zero-order valence-electron chi connectivity index (χ0n) is 18.6. The molecule has 1 aromatic carbocycles. The standard InChI is InChI=1S/C24H25N3O5S/c1-14(28)25-10-19-11-27(24(29)31-19)17-6-7-20-15(8-17)4-3-5-21-22(26-32-23(20)21)16-9-18(30-2)13-33-12-16/h6-9,12,19H,3-5,10-11,13H2,1-2H3,(H,25,28)/t19-/m0/s1. The molecule has 0 unspecified atom stereocenters. The molecule has 5 rings (SSSR count). The summed E-state index contributed by atoms with van der Waals surface area (Å²) in [5, 5.41) is 9.22. The number of rotatable bonds is 5. The van der Waals surface area contributed by atoms with Gasteiger partial charge in [-0.05, 0) is 54.5 Å². The average molecular weight is 468 g/mol. The van der Waals surface area contributed by atoms with E-state index in [1.165, 1.54) is 6.92 Å². The molecule has 1 fully saturated rings. The number of thioether (sulfide) groups is 1. The molecule has 0 bridgehead atoms. The highest BCUT2D eigenvalue weighted by Crippen LogP contribution is 2.40. The highest BCUT2D eigenvalue weighted by atomic mass is 32.2. The van der Waals surface area contributed by atoms with Crippen LogP contribution in [0.4, 0.5) is 10.5 Å². The molecule has 8 nitrogen and oxygen atoms in total. The molecule has 0 saturated carbocycles. The van der Waals surface area contributed by atoms with Gasteiger partial charge in [-0.1, -0.05) is 5.16 Å². The van der Waals surface area contributed by atoms with Crippen LogP contribution in [-0.4, -0.2) is 49.2 Å². The zero-order chi connectivity index (χ0) is 22.9. The highest BCUT2D eigenvalue weighted by molar-refractivity contribution is 8.02. The number of hydrogen-bond acceptors (Lipinski definition) is 7. The number of benzene rings is 1. The third-order valence-electron chi connectivity index (χ3n) is 6.05. The topological polar surface area (TPSA) is 93.9 Å². The minimum Gasteiger partial charge on any atom is -0.500 e. The number of hydrogen-bond donors (Lipinski definition) is 1. The zero-order valence-corrected chi connectivity index (χ0v) is 19.4. The molecule has 1 aliphatic carbocycles. The van der Waals surface area contributed by atoms with Gasteiger partial charge in [0.25, 0.3) is 0 Å². The van der Waals surface area contributed by atoms with Crippen LogP contribution in [0.2, 0.25) is 0 Å². The van der Waals surface area contributed by atoms with Gasteiger partial charge < -0.3 is 19.3 Å². The van der Waals surface area contributed by atoms with E-state index < -0.39 is 6.09 Å². The lowest BCUT2D eigenvalue weighted by atomic mass is 10.00. The van der Waals surface area contributed by atoms with Crippen molar-refractivity contribution in [1.82, 2.24) is 10.5 Å². The Bertz CT molecular complexity index is 1170. The summed E-state index contributed by atoms with van der Waals surface area (Å²) in [5.74, 6) is 2.38. The number of amides is 2. The van der Waals surface area contributed by atoms with Crippen molar-refractivity contribution >= 4 is 35.0 Å². The third kappa shape index (κ3) is 4.25. The smallest absolute Gasteiger partial charge is 0.414 e. The fourth-order valence-electron chi connectivity index (χ4n) is 4.41. The van der Waals surface area contributed by atoms with E-state index in [0.717, 1.165) is 70.2 Å². The van der Waals surface area contributed by atoms with Crippen LogP contribution in [0.5, 0.6) is 0 Å². The van der Waals surface area contributed by atoms with Crippen molar-refractivity contribution in [2.45, 2.75) is 32.3 Å². The first-order chi connectivity index (χ1) is 16.0. The van der Waals surface area contributed by atoms with Crippen LogP contribution in [-0.2, 0) is 27.1 Å². The van der Waals surface area contributed by atoms with Crippen LogP contribution in [0.3, 0.4) is 0 Å². The first-order valence-electron chi connectivity index (χ1n) is 10.9. The van der Waals surface area contributed by atoms with E-state index in [2.05, 4.69) is 15.9 Å². The van der Waals surface area contributed by atoms with Crippen molar-refractivity contribution in [1.29, 1.82) is 0 Å². The summed E-state index contributed by atoms with van der Waals surface area (Å²) >= 11 is 1.69. The molecule has 2 amide bonds. The van der Waals surface area contributed by atoms with Crippen LogP contribution in [0.25, 0.3) is 16.9 Å². The molecular formula is C24H25N3O5S. The maximum Gasteiger partial charge on any atom is 0.414 e. The molecule has 0 radical (unpaired) electrons. The van der Waals surface area contributed by atoms with E-state index in [-0.39, 0.29) is 12.0 Å². The van der Waals surface area contributed by atoms with Crippen LogP contribution in [0.1, 0.15) is 30.2 Å². The lowest BCUT2D eigenvalue weighted by molar-refractivity contribution is -0.119. The number of ether oxygens (including phenoxy) is 2. The summed E-state index contributed by atoms with van der Waals surface area (Å²) in [6, 6.07) is 5.95. The van der Waals surface area contributed by atoms with Crippen molar-refractivity contribution in [3.63, 3.8) is 0 Å². The van der Waals surface area contributed by atoms with Gasteiger partial charge in [0.15, 0.2) is 5.76 Å². The first kappa shape index (κ1) is 21.6. The Kier molecular flexibility index (Phi) is 5.88. The number of aryl methyl sites for hydroxylation is 1. The van der Waals surface area contributed by atoms with Gasteiger partial charge >= 0.3 is 6.09 Å². The monoisotopic (exact) mass is 467 g/mol. The molecule has 3 aliphatic rings. The second-order valence-electron chi connectivity index (χ2n) is 8.29. The number of nitrogens with one attached hydrogen (secondary N) is 1. The molecule has 2 aliphatic heterocycles. The largest absolute Gasteiger partial charge is 0.500 e. The Hall–Kier alpha value is -3.20. The van der Waals surface area contributed by atoms with Crippen molar-refractivity contribution in [3.05, 3.63) is 52.3 Å². The minimum absolute atomic E-state index is 0.145. The Labute approximate surface area is 196 Å². The number of fused-ring (bicyclic) bond motifs is 3. The quantitative estimate of drug-likeness (QED) is 0.713. The first-order valence-corrected chi connectivity index (χ1v) is 12.0. The highest BCUT2D eigenvalue weighted by Gasteiger charge is 2.33. The number of anilines is 1. The molecule has 172 valence electrons. The molecule has 3 heterocycles. The molecule has 33 heavy (non-hydrogen) atoms. The van der Waals surface area contributed by atoms with E-state index in [1.807, 2.05) is 24.3 Å².